The Bertz CT molecular complexity index is 609. The fourth-order valence-electron chi connectivity index (χ4n) is 4.47. The number of allylic oxidation sites excluding steroid dienone is 2. The van der Waals surface area contributed by atoms with Crippen molar-refractivity contribution in [3.63, 3.8) is 0 Å². The van der Waals surface area contributed by atoms with Crippen LogP contribution in [0.1, 0.15) is 109 Å². The van der Waals surface area contributed by atoms with Gasteiger partial charge in [0.25, 0.3) is 0 Å². The van der Waals surface area contributed by atoms with E-state index in [1.165, 1.54) is 51.4 Å². The van der Waals surface area contributed by atoms with Crippen molar-refractivity contribution >= 4 is 5.91 Å². The molecular weight excluding hydrogens is 410 g/mol. The van der Waals surface area contributed by atoms with Crippen LogP contribution in [0.3, 0.4) is 0 Å². The summed E-state index contributed by atoms with van der Waals surface area (Å²) in [5, 5.41) is 22.3. The lowest BCUT2D eigenvalue weighted by Crippen LogP contribution is -2.42. The molecule has 0 spiro atoms. The zero-order valence-corrected chi connectivity index (χ0v) is 21.1. The first kappa shape index (κ1) is 29.4. The van der Waals surface area contributed by atoms with Crippen LogP contribution in [0, 0.1) is 5.41 Å². The third-order valence-corrected chi connectivity index (χ3v) is 6.63. The lowest BCUT2D eigenvalue weighted by atomic mass is 9.76. The SMILES string of the molecule is CCCCCCCC/C=C\CCCCCCC(CCO)(CCO)C(=O)NCc1ccccc1. The molecule has 0 aliphatic rings. The van der Waals surface area contributed by atoms with Crippen LogP contribution >= 0.6 is 0 Å². The average molecular weight is 460 g/mol. The first-order valence-electron chi connectivity index (χ1n) is 13.4. The van der Waals surface area contributed by atoms with Gasteiger partial charge >= 0.3 is 0 Å². The molecule has 4 heteroatoms. The van der Waals surface area contributed by atoms with Gasteiger partial charge in [-0.2, -0.15) is 0 Å². The van der Waals surface area contributed by atoms with Gasteiger partial charge in [0.05, 0.1) is 5.41 Å². The van der Waals surface area contributed by atoms with Crippen molar-refractivity contribution < 1.29 is 15.0 Å². The number of benzene rings is 1. The standard InChI is InChI=1S/C29H49NO3/c1-2-3-4-5-6-7-8-9-10-11-12-13-14-18-21-29(22-24-31,23-25-32)28(33)30-26-27-19-16-15-17-20-27/h9-10,15-17,19-20,31-32H,2-8,11-14,18,21-26H2,1H3,(H,30,33)/b10-9-. The van der Waals surface area contributed by atoms with Crippen LogP contribution in [0.15, 0.2) is 42.5 Å². The number of nitrogens with one attached hydrogen (secondary N) is 1. The van der Waals surface area contributed by atoms with Crippen molar-refractivity contribution in [1.29, 1.82) is 0 Å². The fourth-order valence-corrected chi connectivity index (χ4v) is 4.47. The second-order valence-electron chi connectivity index (χ2n) is 9.38. The lowest BCUT2D eigenvalue weighted by Gasteiger charge is -2.31. The van der Waals surface area contributed by atoms with Gasteiger partial charge in [-0.25, -0.2) is 0 Å². The predicted octanol–water partition coefficient (Wildman–Crippen LogP) is 6.70. The molecule has 0 aliphatic carbocycles. The Kier molecular flexibility index (Phi) is 17.6. The molecule has 1 rings (SSSR count). The summed E-state index contributed by atoms with van der Waals surface area (Å²) in [6, 6.07) is 9.85. The molecule has 0 aromatic heterocycles. The van der Waals surface area contributed by atoms with E-state index in [4.69, 9.17) is 0 Å². The number of amides is 1. The first-order chi connectivity index (χ1) is 16.2. The number of unbranched alkanes of at least 4 members (excludes halogenated alkanes) is 10. The number of rotatable bonds is 21. The highest BCUT2D eigenvalue weighted by Gasteiger charge is 2.36. The number of carbonyl (C=O) groups is 1. The molecule has 4 nitrogen and oxygen atoms in total. The van der Waals surface area contributed by atoms with Crippen LogP contribution in [-0.2, 0) is 11.3 Å². The van der Waals surface area contributed by atoms with E-state index in [0.717, 1.165) is 31.2 Å². The Morgan fingerprint density at radius 1 is 0.788 bits per heavy atom. The van der Waals surface area contributed by atoms with Crippen molar-refractivity contribution in [1.82, 2.24) is 5.32 Å². The zero-order chi connectivity index (χ0) is 24.0. The van der Waals surface area contributed by atoms with E-state index in [1.807, 2.05) is 30.3 Å². The Balaban J connectivity index is 2.28. The highest BCUT2D eigenvalue weighted by atomic mass is 16.3. The second-order valence-corrected chi connectivity index (χ2v) is 9.38. The summed E-state index contributed by atoms with van der Waals surface area (Å²) in [7, 11) is 0. The van der Waals surface area contributed by atoms with E-state index in [-0.39, 0.29) is 19.1 Å². The van der Waals surface area contributed by atoms with Gasteiger partial charge in [0, 0.05) is 19.8 Å². The maximum atomic E-state index is 13.0. The number of aliphatic hydroxyl groups excluding tert-OH is 2. The van der Waals surface area contributed by atoms with E-state index in [1.54, 1.807) is 0 Å². The maximum Gasteiger partial charge on any atom is 0.226 e. The van der Waals surface area contributed by atoms with Gasteiger partial charge in [-0.3, -0.25) is 4.79 Å². The van der Waals surface area contributed by atoms with Gasteiger partial charge in [0.2, 0.25) is 5.91 Å². The third kappa shape index (κ3) is 13.6. The molecule has 0 unspecified atom stereocenters. The molecule has 0 bridgehead atoms. The lowest BCUT2D eigenvalue weighted by molar-refractivity contribution is -0.134. The van der Waals surface area contributed by atoms with Gasteiger partial charge in [-0.1, -0.05) is 101 Å². The van der Waals surface area contributed by atoms with E-state index >= 15 is 0 Å². The molecule has 1 aromatic rings. The van der Waals surface area contributed by atoms with Crippen molar-refractivity contribution in [2.45, 2.75) is 110 Å². The normalized spacial score (nSPS) is 11.8. The molecule has 1 amide bonds. The van der Waals surface area contributed by atoms with Gasteiger partial charge in [-0.15, -0.1) is 0 Å². The van der Waals surface area contributed by atoms with Crippen LogP contribution in [-0.4, -0.2) is 29.3 Å². The molecule has 0 heterocycles. The average Bonchev–Trinajstić information content (AvgIpc) is 2.83. The van der Waals surface area contributed by atoms with Gasteiger partial charge in [0.1, 0.15) is 0 Å². The summed E-state index contributed by atoms with van der Waals surface area (Å²) in [5.74, 6) is -0.0490. The molecule has 0 saturated heterocycles. The quantitative estimate of drug-likeness (QED) is 0.141. The van der Waals surface area contributed by atoms with Gasteiger partial charge < -0.3 is 15.5 Å². The Labute approximate surface area is 202 Å². The summed E-state index contributed by atoms with van der Waals surface area (Å²) in [4.78, 5) is 13.0. The summed E-state index contributed by atoms with van der Waals surface area (Å²) in [6.45, 7) is 2.65. The van der Waals surface area contributed by atoms with E-state index < -0.39 is 5.41 Å². The Morgan fingerprint density at radius 2 is 1.33 bits per heavy atom. The largest absolute Gasteiger partial charge is 0.396 e. The molecule has 3 N–H and O–H groups in total. The molecule has 0 radical (unpaired) electrons. The van der Waals surface area contributed by atoms with Gasteiger partial charge in [-0.05, 0) is 50.5 Å². The molecule has 0 saturated carbocycles. The highest BCUT2D eigenvalue weighted by molar-refractivity contribution is 5.82. The Hall–Kier alpha value is -1.65. The van der Waals surface area contributed by atoms with Crippen LogP contribution in [0.5, 0.6) is 0 Å². The Morgan fingerprint density at radius 3 is 1.91 bits per heavy atom. The molecular formula is C29H49NO3. The van der Waals surface area contributed by atoms with Crippen molar-refractivity contribution in [3.05, 3.63) is 48.0 Å². The minimum atomic E-state index is -0.685. The number of aliphatic hydroxyl groups is 2. The number of hydrogen-bond donors (Lipinski definition) is 3. The van der Waals surface area contributed by atoms with Crippen LogP contribution in [0.4, 0.5) is 0 Å². The summed E-state index contributed by atoms with van der Waals surface area (Å²) >= 11 is 0. The van der Waals surface area contributed by atoms with Crippen LogP contribution in [0.2, 0.25) is 0 Å². The summed E-state index contributed by atoms with van der Waals surface area (Å²) in [6.07, 6.45) is 21.0. The van der Waals surface area contributed by atoms with Crippen LogP contribution < -0.4 is 5.32 Å². The topological polar surface area (TPSA) is 69.6 Å². The van der Waals surface area contributed by atoms with Crippen molar-refractivity contribution in [3.8, 4) is 0 Å². The summed E-state index contributed by atoms with van der Waals surface area (Å²) in [5.41, 5.74) is 0.368. The molecule has 33 heavy (non-hydrogen) atoms. The highest BCUT2D eigenvalue weighted by Crippen LogP contribution is 2.33. The van der Waals surface area contributed by atoms with Gasteiger partial charge in [0.15, 0.2) is 0 Å². The molecule has 188 valence electrons. The molecule has 0 aliphatic heterocycles. The zero-order valence-electron chi connectivity index (χ0n) is 21.1. The molecule has 0 fully saturated rings. The number of hydrogen-bond acceptors (Lipinski definition) is 3. The van der Waals surface area contributed by atoms with E-state index in [0.29, 0.717) is 25.8 Å². The third-order valence-electron chi connectivity index (χ3n) is 6.63. The predicted molar refractivity (Wildman–Crippen MR) is 139 cm³/mol. The minimum Gasteiger partial charge on any atom is -0.396 e. The maximum absolute atomic E-state index is 13.0. The minimum absolute atomic E-state index is 0.0395. The fraction of sp³-hybridized carbons (Fsp3) is 0.690. The number of carbonyl (C=O) groups excluding carboxylic acids is 1. The van der Waals surface area contributed by atoms with E-state index in [2.05, 4.69) is 24.4 Å². The van der Waals surface area contributed by atoms with E-state index in [9.17, 15) is 15.0 Å². The smallest absolute Gasteiger partial charge is 0.226 e. The monoisotopic (exact) mass is 459 g/mol. The second kappa shape index (κ2) is 19.8. The molecule has 0 atom stereocenters. The first-order valence-corrected chi connectivity index (χ1v) is 13.4. The molecule has 1 aromatic carbocycles. The van der Waals surface area contributed by atoms with Crippen LogP contribution in [0.25, 0.3) is 0 Å². The summed E-state index contributed by atoms with van der Waals surface area (Å²) < 4.78 is 0. The van der Waals surface area contributed by atoms with Crippen molar-refractivity contribution in [2.24, 2.45) is 5.41 Å². The van der Waals surface area contributed by atoms with Crippen molar-refractivity contribution in [2.75, 3.05) is 13.2 Å².